The average molecular weight is 540 g/mol. The Hall–Kier alpha value is -2.42. The van der Waals surface area contributed by atoms with Gasteiger partial charge in [0.05, 0.1) is 17.3 Å². The molecular weight excluding hydrogens is 498 g/mol. The second kappa shape index (κ2) is 9.32. The van der Waals surface area contributed by atoms with Gasteiger partial charge in [-0.15, -0.1) is 0 Å². The fourth-order valence-corrected chi connectivity index (χ4v) is 9.51. The molecule has 1 aromatic rings. The molecule has 1 aliphatic heterocycles. The lowest BCUT2D eigenvalue weighted by molar-refractivity contribution is -0.237. The molecule has 4 fully saturated rings. The standard InChI is InChI=1S/C31H41NO7/c1-28-9-5-23-24(31(28,38)12-7-22(28)20-15-27(36)39-17-20)6-11-30(37)16-21(33)4-10-29(23,30)18-32-13-8-19-2-3-25(34)26(35)14-19/h2-3,14-15,18,21-24,33-35,37-38H,4-13,16-17H2,1H3/t21?,22?,23-,24?,28?,29?,30?,31?/m0/s1. The van der Waals surface area contributed by atoms with Gasteiger partial charge in [-0.25, -0.2) is 4.79 Å². The maximum Gasteiger partial charge on any atom is 0.331 e. The Kier molecular flexibility index (Phi) is 6.40. The second-order valence-corrected chi connectivity index (χ2v) is 13.1. The Bertz CT molecular complexity index is 1210. The molecule has 0 bridgehead atoms. The molecule has 4 saturated carbocycles. The second-order valence-electron chi connectivity index (χ2n) is 13.1. The lowest BCUT2D eigenvalue weighted by Crippen LogP contribution is -2.68. The van der Waals surface area contributed by atoms with Crippen molar-refractivity contribution < 1.29 is 35.1 Å². The van der Waals surface area contributed by atoms with Crippen molar-refractivity contribution in [1.29, 1.82) is 0 Å². The average Bonchev–Trinajstić information content (AvgIpc) is 3.43. The number of aliphatic hydroxyl groups is 3. The Morgan fingerprint density at radius 1 is 1.03 bits per heavy atom. The molecule has 0 radical (unpaired) electrons. The van der Waals surface area contributed by atoms with Crippen LogP contribution in [-0.4, -0.2) is 68.2 Å². The van der Waals surface area contributed by atoms with Crippen LogP contribution in [0.5, 0.6) is 11.5 Å². The normalized spacial score (nSPS) is 43.5. The Morgan fingerprint density at radius 2 is 1.82 bits per heavy atom. The molecule has 0 saturated heterocycles. The van der Waals surface area contributed by atoms with Gasteiger partial charge in [0.25, 0.3) is 0 Å². The van der Waals surface area contributed by atoms with E-state index in [1.54, 1.807) is 18.2 Å². The fraction of sp³-hybridized carbons (Fsp3) is 0.677. The zero-order valence-electron chi connectivity index (χ0n) is 22.7. The molecule has 0 aromatic heterocycles. The predicted molar refractivity (Wildman–Crippen MR) is 144 cm³/mol. The maximum atomic E-state index is 12.5. The lowest BCUT2D eigenvalue weighted by Gasteiger charge is -2.65. The zero-order chi connectivity index (χ0) is 27.6. The zero-order valence-corrected chi connectivity index (χ0v) is 22.7. The van der Waals surface area contributed by atoms with Gasteiger partial charge in [-0.3, -0.25) is 4.99 Å². The summed E-state index contributed by atoms with van der Waals surface area (Å²) >= 11 is 0. The van der Waals surface area contributed by atoms with Crippen molar-refractivity contribution in [3.8, 4) is 11.5 Å². The van der Waals surface area contributed by atoms with Crippen LogP contribution in [0.15, 0.2) is 34.8 Å². The van der Waals surface area contributed by atoms with Gasteiger partial charge in [-0.2, -0.15) is 0 Å². The monoisotopic (exact) mass is 539 g/mol. The number of hydrogen-bond donors (Lipinski definition) is 5. The van der Waals surface area contributed by atoms with Crippen molar-refractivity contribution in [3.05, 3.63) is 35.4 Å². The van der Waals surface area contributed by atoms with Gasteiger partial charge < -0.3 is 30.3 Å². The molecule has 8 nitrogen and oxygen atoms in total. The minimum absolute atomic E-state index is 0.00381. The van der Waals surface area contributed by atoms with E-state index in [1.807, 2.05) is 6.21 Å². The number of esters is 1. The van der Waals surface area contributed by atoms with Crippen LogP contribution in [0.1, 0.15) is 70.3 Å². The number of fused-ring (bicyclic) bond motifs is 5. The lowest BCUT2D eigenvalue weighted by atomic mass is 9.41. The van der Waals surface area contributed by atoms with Crippen LogP contribution in [0.4, 0.5) is 0 Å². The van der Waals surface area contributed by atoms with Gasteiger partial charge in [0, 0.05) is 36.1 Å². The van der Waals surface area contributed by atoms with Crippen molar-refractivity contribution in [1.82, 2.24) is 0 Å². The minimum Gasteiger partial charge on any atom is -0.504 e. The van der Waals surface area contributed by atoms with Crippen molar-refractivity contribution in [2.45, 2.75) is 88.4 Å². The highest BCUT2D eigenvalue weighted by Gasteiger charge is 2.71. The van der Waals surface area contributed by atoms with E-state index in [0.29, 0.717) is 58.1 Å². The van der Waals surface area contributed by atoms with Gasteiger partial charge >= 0.3 is 5.97 Å². The van der Waals surface area contributed by atoms with Crippen molar-refractivity contribution in [2.75, 3.05) is 13.2 Å². The van der Waals surface area contributed by atoms with E-state index < -0.39 is 22.7 Å². The summed E-state index contributed by atoms with van der Waals surface area (Å²) in [6.07, 6.45) is 9.48. The summed E-state index contributed by atoms with van der Waals surface area (Å²) in [6.45, 7) is 2.97. The number of rotatable bonds is 5. The van der Waals surface area contributed by atoms with Crippen LogP contribution < -0.4 is 0 Å². The number of benzene rings is 1. The summed E-state index contributed by atoms with van der Waals surface area (Å²) < 4.78 is 5.24. The molecular formula is C31H41NO7. The minimum atomic E-state index is -1.08. The van der Waals surface area contributed by atoms with Crippen molar-refractivity contribution in [3.63, 3.8) is 0 Å². The third kappa shape index (κ3) is 3.97. The van der Waals surface area contributed by atoms with Crippen LogP contribution in [0.3, 0.4) is 0 Å². The molecule has 5 N–H and O–H groups in total. The third-order valence-electron chi connectivity index (χ3n) is 11.5. The van der Waals surface area contributed by atoms with Gasteiger partial charge in [0.1, 0.15) is 6.61 Å². The van der Waals surface area contributed by atoms with E-state index in [0.717, 1.165) is 30.4 Å². The van der Waals surface area contributed by atoms with Gasteiger partial charge in [0.15, 0.2) is 11.5 Å². The highest BCUT2D eigenvalue weighted by molar-refractivity contribution is 5.85. The topological polar surface area (TPSA) is 140 Å². The Labute approximate surface area is 229 Å². The SMILES string of the molecule is CC12CC[C@H]3C(CCC4(O)CC(O)CCC34C=NCCc3ccc(O)c(O)c3)C1(O)CCC2C1=CC(=O)OC1. The molecule has 8 heteroatoms. The first-order valence-corrected chi connectivity index (χ1v) is 14.5. The smallest absolute Gasteiger partial charge is 0.331 e. The van der Waals surface area contributed by atoms with Crippen LogP contribution in [0.2, 0.25) is 0 Å². The molecule has 4 aliphatic carbocycles. The molecule has 1 aromatic carbocycles. The van der Waals surface area contributed by atoms with Crippen LogP contribution in [-0.2, 0) is 16.0 Å². The largest absolute Gasteiger partial charge is 0.504 e. The van der Waals surface area contributed by atoms with E-state index in [4.69, 9.17) is 9.73 Å². The summed E-state index contributed by atoms with van der Waals surface area (Å²) in [7, 11) is 0. The maximum absolute atomic E-state index is 12.5. The van der Waals surface area contributed by atoms with E-state index >= 15 is 0 Å². The molecule has 0 amide bonds. The molecule has 5 aliphatic rings. The first kappa shape index (κ1) is 26.8. The number of carbonyl (C=O) groups excluding carboxylic acids is 1. The van der Waals surface area contributed by atoms with E-state index in [9.17, 15) is 30.3 Å². The fourth-order valence-electron chi connectivity index (χ4n) is 9.51. The Balaban J connectivity index is 1.29. The number of carbonyl (C=O) groups is 1. The van der Waals surface area contributed by atoms with Gasteiger partial charge in [-0.05, 0) is 98.8 Å². The Morgan fingerprint density at radius 3 is 2.56 bits per heavy atom. The molecule has 7 unspecified atom stereocenters. The summed E-state index contributed by atoms with van der Waals surface area (Å²) in [4.78, 5) is 16.7. The number of cyclic esters (lactones) is 1. The number of aliphatic imine (C=N–C) groups is 1. The van der Waals surface area contributed by atoms with Crippen LogP contribution in [0.25, 0.3) is 0 Å². The number of ether oxygens (including phenoxy) is 1. The first-order valence-electron chi connectivity index (χ1n) is 14.5. The predicted octanol–water partition coefficient (Wildman–Crippen LogP) is 3.42. The number of nitrogens with zero attached hydrogens (tertiary/aromatic N) is 1. The number of hydrogen-bond acceptors (Lipinski definition) is 8. The quantitative estimate of drug-likeness (QED) is 0.219. The number of aliphatic hydroxyl groups excluding tert-OH is 1. The van der Waals surface area contributed by atoms with Crippen LogP contribution >= 0.6 is 0 Å². The number of phenols is 2. The van der Waals surface area contributed by atoms with E-state index in [2.05, 4.69) is 6.92 Å². The molecule has 1 heterocycles. The van der Waals surface area contributed by atoms with Crippen molar-refractivity contribution in [2.24, 2.45) is 33.6 Å². The first-order chi connectivity index (χ1) is 18.5. The van der Waals surface area contributed by atoms with E-state index in [-0.39, 0.29) is 40.6 Å². The summed E-state index contributed by atoms with van der Waals surface area (Å²) in [6, 6.07) is 4.77. The van der Waals surface area contributed by atoms with E-state index in [1.165, 1.54) is 6.07 Å². The van der Waals surface area contributed by atoms with Gasteiger partial charge in [0.2, 0.25) is 0 Å². The molecule has 8 atom stereocenters. The molecule has 0 spiro atoms. The summed E-state index contributed by atoms with van der Waals surface area (Å²) in [5.41, 5.74) is -1.12. The highest BCUT2D eigenvalue weighted by atomic mass is 16.5. The summed E-state index contributed by atoms with van der Waals surface area (Å²) in [5.74, 6) is -0.457. The highest BCUT2D eigenvalue weighted by Crippen LogP contribution is 2.70. The molecule has 6 rings (SSSR count). The number of phenolic OH excluding ortho intramolecular Hbond substituents is 2. The molecule has 212 valence electrons. The number of aromatic hydroxyl groups is 2. The van der Waals surface area contributed by atoms with Crippen LogP contribution in [0, 0.1) is 28.6 Å². The summed E-state index contributed by atoms with van der Waals surface area (Å²) in [5, 5.41) is 54.6. The van der Waals surface area contributed by atoms with Crippen molar-refractivity contribution >= 4 is 12.2 Å². The third-order valence-corrected chi connectivity index (χ3v) is 11.5. The molecule has 39 heavy (non-hydrogen) atoms. The van der Waals surface area contributed by atoms with Gasteiger partial charge in [-0.1, -0.05) is 13.0 Å².